The van der Waals surface area contributed by atoms with E-state index in [9.17, 15) is 9.59 Å². The SMILES string of the molecule is COCC(C)(C)NC(=O)c1c(NC(=O)c2cc(Br)nn2-c2ncccc2Cl)c(C)cc2ccnn12. The normalized spacial score (nSPS) is 11.6. The number of aromatic nitrogens is 5. The van der Waals surface area contributed by atoms with E-state index >= 15 is 0 Å². The Labute approximate surface area is 214 Å². The van der Waals surface area contributed by atoms with Gasteiger partial charge in [0.15, 0.2) is 11.5 Å². The Morgan fingerprint density at radius 3 is 2.69 bits per heavy atom. The molecule has 4 heterocycles. The highest BCUT2D eigenvalue weighted by molar-refractivity contribution is 9.10. The number of nitrogens with zero attached hydrogens (tertiary/aromatic N) is 5. The summed E-state index contributed by atoms with van der Waals surface area (Å²) in [6.07, 6.45) is 3.14. The third-order valence-corrected chi connectivity index (χ3v) is 5.82. The van der Waals surface area contributed by atoms with Crippen LogP contribution in [-0.4, -0.2) is 55.4 Å². The van der Waals surface area contributed by atoms with E-state index in [-0.39, 0.29) is 11.4 Å². The van der Waals surface area contributed by atoms with Crippen molar-refractivity contribution in [3.05, 3.63) is 69.3 Å². The minimum atomic E-state index is -0.657. The van der Waals surface area contributed by atoms with Gasteiger partial charge in [-0.1, -0.05) is 11.6 Å². The fourth-order valence-corrected chi connectivity index (χ4v) is 4.29. The number of methoxy groups -OCH3 is 1. The van der Waals surface area contributed by atoms with E-state index in [4.69, 9.17) is 16.3 Å². The first-order valence-electron chi connectivity index (χ1n) is 10.6. The van der Waals surface area contributed by atoms with Gasteiger partial charge in [0.1, 0.15) is 10.3 Å². The molecule has 10 nitrogen and oxygen atoms in total. The molecule has 35 heavy (non-hydrogen) atoms. The summed E-state index contributed by atoms with van der Waals surface area (Å²) in [5.74, 6) is -0.629. The maximum atomic E-state index is 13.5. The van der Waals surface area contributed by atoms with Gasteiger partial charge in [-0.05, 0) is 66.5 Å². The topological polar surface area (TPSA) is 115 Å². The van der Waals surface area contributed by atoms with Crippen LogP contribution in [0.1, 0.15) is 40.4 Å². The predicted octanol–water partition coefficient (Wildman–Crippen LogP) is 4.05. The average Bonchev–Trinajstić information content (AvgIpc) is 3.40. The third kappa shape index (κ3) is 5.07. The van der Waals surface area contributed by atoms with Gasteiger partial charge in [0.05, 0.1) is 34.6 Å². The molecule has 4 aromatic rings. The summed E-state index contributed by atoms with van der Waals surface area (Å²) in [5.41, 5.74) is 1.40. The molecule has 0 saturated carbocycles. The first kappa shape index (κ1) is 24.8. The van der Waals surface area contributed by atoms with Crippen LogP contribution < -0.4 is 10.6 Å². The average molecular weight is 561 g/mol. The Balaban J connectivity index is 1.78. The van der Waals surface area contributed by atoms with Crippen molar-refractivity contribution in [2.75, 3.05) is 19.0 Å². The van der Waals surface area contributed by atoms with Crippen LogP contribution in [0.25, 0.3) is 11.3 Å². The van der Waals surface area contributed by atoms with Crippen molar-refractivity contribution in [1.29, 1.82) is 0 Å². The van der Waals surface area contributed by atoms with Gasteiger partial charge in [-0.3, -0.25) is 9.59 Å². The highest BCUT2D eigenvalue weighted by Crippen LogP contribution is 2.26. The third-order valence-electron chi connectivity index (χ3n) is 5.14. The highest BCUT2D eigenvalue weighted by atomic mass is 79.9. The number of rotatable bonds is 7. The van der Waals surface area contributed by atoms with Gasteiger partial charge < -0.3 is 15.4 Å². The van der Waals surface area contributed by atoms with Crippen LogP contribution in [0.5, 0.6) is 0 Å². The lowest BCUT2D eigenvalue weighted by Gasteiger charge is -2.26. The minimum absolute atomic E-state index is 0.170. The summed E-state index contributed by atoms with van der Waals surface area (Å²) in [6.45, 7) is 5.79. The van der Waals surface area contributed by atoms with Crippen LogP contribution in [0.15, 0.2) is 47.3 Å². The van der Waals surface area contributed by atoms with E-state index in [1.54, 1.807) is 43.8 Å². The number of fused-ring (bicyclic) bond motifs is 1. The summed E-state index contributed by atoms with van der Waals surface area (Å²) in [6, 6.07) is 8.50. The summed E-state index contributed by atoms with van der Waals surface area (Å²) in [5, 5.41) is 14.8. The quantitative estimate of drug-likeness (QED) is 0.352. The zero-order valence-electron chi connectivity index (χ0n) is 19.5. The fourth-order valence-electron chi connectivity index (χ4n) is 3.71. The number of aryl methyl sites for hydroxylation is 1. The maximum absolute atomic E-state index is 13.5. The van der Waals surface area contributed by atoms with Crippen molar-refractivity contribution in [2.24, 2.45) is 0 Å². The van der Waals surface area contributed by atoms with Crippen LogP contribution >= 0.6 is 27.5 Å². The van der Waals surface area contributed by atoms with Gasteiger partial charge in [-0.2, -0.15) is 10.2 Å². The molecule has 2 N–H and O–H groups in total. The number of hydrogen-bond donors (Lipinski definition) is 2. The molecule has 0 fully saturated rings. The van der Waals surface area contributed by atoms with Crippen LogP contribution in [0.3, 0.4) is 0 Å². The number of pyridine rings is 2. The van der Waals surface area contributed by atoms with Gasteiger partial charge in [0.25, 0.3) is 11.8 Å². The van der Waals surface area contributed by atoms with Gasteiger partial charge in [0, 0.05) is 19.4 Å². The van der Waals surface area contributed by atoms with Crippen LogP contribution in [0.4, 0.5) is 5.69 Å². The number of ether oxygens (including phenoxy) is 1. The summed E-state index contributed by atoms with van der Waals surface area (Å²) < 4.78 is 8.47. The van der Waals surface area contributed by atoms with Crippen molar-refractivity contribution < 1.29 is 14.3 Å². The summed E-state index contributed by atoms with van der Waals surface area (Å²) in [7, 11) is 1.56. The molecule has 0 bridgehead atoms. The smallest absolute Gasteiger partial charge is 0.274 e. The number of carbonyl (C=O) groups is 2. The van der Waals surface area contributed by atoms with Crippen molar-refractivity contribution in [3.63, 3.8) is 0 Å². The van der Waals surface area contributed by atoms with Crippen molar-refractivity contribution >= 4 is 50.5 Å². The number of hydrogen-bond acceptors (Lipinski definition) is 6. The number of amides is 2. The lowest BCUT2D eigenvalue weighted by atomic mass is 10.1. The summed E-state index contributed by atoms with van der Waals surface area (Å²) >= 11 is 9.60. The van der Waals surface area contributed by atoms with Gasteiger partial charge >= 0.3 is 0 Å². The van der Waals surface area contributed by atoms with Gasteiger partial charge in [0.2, 0.25) is 0 Å². The highest BCUT2D eigenvalue weighted by Gasteiger charge is 2.28. The minimum Gasteiger partial charge on any atom is -0.382 e. The Bertz CT molecular complexity index is 1430. The fraction of sp³-hybridized carbons (Fsp3) is 0.261. The van der Waals surface area contributed by atoms with Crippen LogP contribution in [0.2, 0.25) is 5.02 Å². The second kappa shape index (κ2) is 9.76. The first-order valence-corrected chi connectivity index (χ1v) is 11.7. The van der Waals surface area contributed by atoms with E-state index < -0.39 is 17.4 Å². The van der Waals surface area contributed by atoms with Gasteiger partial charge in [-0.15, -0.1) is 0 Å². The number of nitrogens with one attached hydrogen (secondary N) is 2. The van der Waals surface area contributed by atoms with Crippen LogP contribution in [-0.2, 0) is 4.74 Å². The van der Waals surface area contributed by atoms with E-state index in [2.05, 4.69) is 41.7 Å². The molecule has 0 radical (unpaired) electrons. The van der Waals surface area contributed by atoms with Gasteiger partial charge in [-0.25, -0.2) is 14.2 Å². The molecule has 0 spiro atoms. The number of carbonyl (C=O) groups excluding carboxylic acids is 2. The zero-order valence-corrected chi connectivity index (χ0v) is 21.8. The lowest BCUT2D eigenvalue weighted by molar-refractivity contribution is 0.0814. The molecule has 12 heteroatoms. The van der Waals surface area contributed by atoms with Crippen LogP contribution in [0, 0.1) is 6.92 Å². The molecule has 4 aromatic heterocycles. The van der Waals surface area contributed by atoms with E-state index in [1.807, 2.05) is 26.8 Å². The monoisotopic (exact) mass is 559 g/mol. The molecular weight excluding hydrogens is 538 g/mol. The first-order chi connectivity index (χ1) is 16.6. The molecule has 0 aromatic carbocycles. The lowest BCUT2D eigenvalue weighted by Crippen LogP contribution is -2.47. The molecule has 2 amide bonds. The molecule has 4 rings (SSSR count). The Hall–Kier alpha value is -3.28. The molecule has 182 valence electrons. The Kier molecular flexibility index (Phi) is 6.93. The molecule has 0 unspecified atom stereocenters. The Morgan fingerprint density at radius 1 is 1.20 bits per heavy atom. The maximum Gasteiger partial charge on any atom is 0.274 e. The number of halogens is 2. The molecule has 0 atom stereocenters. The zero-order chi connectivity index (χ0) is 25.3. The second-order valence-corrected chi connectivity index (χ2v) is 9.74. The second-order valence-electron chi connectivity index (χ2n) is 8.52. The predicted molar refractivity (Wildman–Crippen MR) is 135 cm³/mol. The number of anilines is 1. The molecule has 0 saturated heterocycles. The molecule has 0 aliphatic heterocycles. The standard InChI is InChI=1S/C23H23BrClN7O3/c1-13-10-14-7-9-27-31(14)19(22(34)29-23(2,3)12-35-4)18(13)28-21(33)16-11-17(24)30-32(16)20-15(25)6-5-8-26-20/h5-11H,12H2,1-4H3,(H,28,33)(H,29,34). The van der Waals surface area contributed by atoms with E-state index in [0.717, 1.165) is 0 Å². The largest absolute Gasteiger partial charge is 0.382 e. The van der Waals surface area contributed by atoms with E-state index in [0.29, 0.717) is 38.8 Å². The molecule has 0 aliphatic rings. The molecule has 0 aliphatic carbocycles. The summed E-state index contributed by atoms with van der Waals surface area (Å²) in [4.78, 5) is 31.2. The molecular formula is C23H23BrClN7O3. The van der Waals surface area contributed by atoms with E-state index in [1.165, 1.54) is 9.20 Å². The Morgan fingerprint density at radius 2 is 1.97 bits per heavy atom. The van der Waals surface area contributed by atoms with Crippen molar-refractivity contribution in [1.82, 2.24) is 29.7 Å². The van der Waals surface area contributed by atoms with Crippen molar-refractivity contribution in [3.8, 4) is 5.82 Å². The van der Waals surface area contributed by atoms with Crippen molar-refractivity contribution in [2.45, 2.75) is 26.3 Å².